The lowest BCUT2D eigenvalue weighted by molar-refractivity contribution is -0.130. The quantitative estimate of drug-likeness (QED) is 0.448. The minimum Gasteiger partial charge on any atom is -0.353 e. The zero-order chi connectivity index (χ0) is 12.1. The second-order valence-corrected chi connectivity index (χ2v) is 3.54. The first-order valence-electron chi connectivity index (χ1n) is 4.93. The molecule has 2 unspecified atom stereocenters. The molecule has 1 aliphatic rings. The predicted octanol–water partition coefficient (Wildman–Crippen LogP) is -1.26. The number of nitrogens with two attached hydrogens (primary N) is 1. The molecule has 0 radical (unpaired) electrons. The van der Waals surface area contributed by atoms with Gasteiger partial charge in [0.15, 0.2) is 0 Å². The average molecular weight is 222 g/mol. The molecule has 3 N–H and O–H groups in total. The second kappa shape index (κ2) is 5.28. The highest BCUT2D eigenvalue weighted by Crippen LogP contribution is 2.17. The smallest absolute Gasteiger partial charge is 0.241 e. The molecule has 0 saturated carbocycles. The van der Waals surface area contributed by atoms with Crippen LogP contribution < -0.4 is 11.1 Å². The zero-order valence-electron chi connectivity index (χ0n) is 8.85. The Morgan fingerprint density at radius 1 is 1.75 bits per heavy atom. The minimum atomic E-state index is -0.872. The zero-order valence-corrected chi connectivity index (χ0v) is 8.85. The van der Waals surface area contributed by atoms with Gasteiger partial charge in [0.05, 0.1) is 25.1 Å². The van der Waals surface area contributed by atoms with Crippen LogP contribution in [0, 0.1) is 11.3 Å². The maximum atomic E-state index is 11.5. The summed E-state index contributed by atoms with van der Waals surface area (Å²) in [6, 6.07) is 0.710. The molecular weight excluding hydrogens is 208 g/mol. The summed E-state index contributed by atoms with van der Waals surface area (Å²) in [4.78, 5) is 24.1. The van der Waals surface area contributed by atoms with Crippen molar-refractivity contribution < 1.29 is 9.59 Å². The van der Waals surface area contributed by atoms with E-state index in [1.807, 2.05) is 6.07 Å². The summed E-state index contributed by atoms with van der Waals surface area (Å²) in [5.74, 6) is -0.642. The predicted molar refractivity (Wildman–Crippen MR) is 56.9 cm³/mol. The molecule has 0 aromatic heterocycles. The topological polar surface area (TPSA) is 99.0 Å². The van der Waals surface area contributed by atoms with Crippen LogP contribution in [0.2, 0.25) is 0 Å². The van der Waals surface area contributed by atoms with Gasteiger partial charge in [0.2, 0.25) is 11.8 Å². The van der Waals surface area contributed by atoms with Gasteiger partial charge in [-0.25, -0.2) is 0 Å². The van der Waals surface area contributed by atoms with E-state index >= 15 is 0 Å². The number of carbonyl (C=O) groups excluding carboxylic acids is 2. The van der Waals surface area contributed by atoms with Crippen molar-refractivity contribution in [2.45, 2.75) is 18.5 Å². The number of hydrogen-bond acceptors (Lipinski definition) is 4. The van der Waals surface area contributed by atoms with E-state index in [-0.39, 0.29) is 24.3 Å². The van der Waals surface area contributed by atoms with Crippen molar-refractivity contribution in [3.63, 3.8) is 0 Å². The molecule has 1 aliphatic heterocycles. The van der Waals surface area contributed by atoms with Crippen molar-refractivity contribution in [3.8, 4) is 6.07 Å². The monoisotopic (exact) mass is 222 g/mol. The van der Waals surface area contributed by atoms with Gasteiger partial charge in [0.1, 0.15) is 6.04 Å². The third-order valence-corrected chi connectivity index (χ3v) is 2.21. The molecule has 0 spiro atoms. The van der Waals surface area contributed by atoms with Crippen LogP contribution in [0.3, 0.4) is 0 Å². The molecule has 1 saturated heterocycles. The second-order valence-electron chi connectivity index (χ2n) is 3.54. The van der Waals surface area contributed by atoms with Crippen LogP contribution in [0.15, 0.2) is 12.7 Å². The summed E-state index contributed by atoms with van der Waals surface area (Å²) in [6.07, 6.45) is 1.47. The number of nitrogens with one attached hydrogen (secondary N) is 1. The number of amides is 2. The Kier molecular flexibility index (Phi) is 4.03. The van der Waals surface area contributed by atoms with E-state index in [2.05, 4.69) is 11.9 Å². The van der Waals surface area contributed by atoms with Crippen molar-refractivity contribution in [2.24, 2.45) is 5.73 Å². The van der Waals surface area contributed by atoms with E-state index in [1.165, 1.54) is 4.90 Å². The molecule has 0 bridgehead atoms. The highest BCUT2D eigenvalue weighted by Gasteiger charge is 2.40. The van der Waals surface area contributed by atoms with Gasteiger partial charge in [-0.3, -0.25) is 9.59 Å². The van der Waals surface area contributed by atoms with Crippen LogP contribution in [-0.2, 0) is 9.59 Å². The van der Waals surface area contributed by atoms with E-state index in [1.54, 1.807) is 6.08 Å². The van der Waals surface area contributed by atoms with Crippen LogP contribution in [-0.4, -0.2) is 41.9 Å². The fourth-order valence-corrected chi connectivity index (χ4v) is 1.25. The third kappa shape index (κ3) is 3.07. The lowest BCUT2D eigenvalue weighted by atomic mass is 10.2. The number of carbonyl (C=O) groups is 2. The van der Waals surface area contributed by atoms with Gasteiger partial charge < -0.3 is 16.0 Å². The first-order chi connectivity index (χ1) is 7.60. The minimum absolute atomic E-state index is 0.0681. The maximum absolute atomic E-state index is 11.5. The Bertz CT molecular complexity index is 347. The number of nitriles is 1. The van der Waals surface area contributed by atoms with Crippen molar-refractivity contribution >= 4 is 11.8 Å². The largest absolute Gasteiger partial charge is 0.353 e. The molecule has 1 rings (SSSR count). The summed E-state index contributed by atoms with van der Waals surface area (Å²) >= 11 is 0. The van der Waals surface area contributed by atoms with Crippen LogP contribution in [0.4, 0.5) is 0 Å². The SMILES string of the molecule is C=CCNC(=O)CC(N)C(=O)N1CC1C#N. The number of nitrogens with zero attached hydrogens (tertiary/aromatic N) is 2. The van der Waals surface area contributed by atoms with Gasteiger partial charge in [0.25, 0.3) is 0 Å². The molecule has 0 aromatic carbocycles. The standard InChI is InChI=1S/C10H14N4O2/c1-2-3-13-9(15)4-8(12)10(16)14-6-7(14)5-11/h2,7-8H,1,3-4,6,12H2,(H,13,15). The van der Waals surface area contributed by atoms with E-state index in [0.717, 1.165) is 0 Å². The summed E-state index contributed by atoms with van der Waals surface area (Å²) in [6.45, 7) is 4.21. The number of rotatable bonds is 5. The lowest BCUT2D eigenvalue weighted by Crippen LogP contribution is -2.40. The molecule has 2 amide bonds. The number of hydrogen-bond donors (Lipinski definition) is 2. The fourth-order valence-electron chi connectivity index (χ4n) is 1.25. The van der Waals surface area contributed by atoms with Crippen LogP contribution >= 0.6 is 0 Å². The van der Waals surface area contributed by atoms with Gasteiger partial charge in [0, 0.05) is 6.54 Å². The van der Waals surface area contributed by atoms with Gasteiger partial charge in [-0.1, -0.05) is 6.08 Å². The molecule has 86 valence electrons. The first kappa shape index (κ1) is 12.2. The summed E-state index contributed by atoms with van der Waals surface area (Å²) in [7, 11) is 0. The average Bonchev–Trinajstić information content (AvgIpc) is 3.04. The molecule has 0 aromatic rings. The normalized spacial score (nSPS) is 19.5. The summed E-state index contributed by atoms with van der Waals surface area (Å²) in [5, 5.41) is 11.1. The highest BCUT2D eigenvalue weighted by molar-refractivity contribution is 5.89. The van der Waals surface area contributed by atoms with Crippen molar-refractivity contribution in [2.75, 3.05) is 13.1 Å². The molecule has 1 fully saturated rings. The van der Waals surface area contributed by atoms with E-state index in [0.29, 0.717) is 13.1 Å². The van der Waals surface area contributed by atoms with Crippen LogP contribution in [0.5, 0.6) is 0 Å². The molecule has 2 atom stereocenters. The molecule has 16 heavy (non-hydrogen) atoms. The Labute approximate surface area is 93.7 Å². The fraction of sp³-hybridized carbons (Fsp3) is 0.500. The Morgan fingerprint density at radius 2 is 2.44 bits per heavy atom. The Balaban J connectivity index is 2.32. The summed E-state index contributed by atoms with van der Waals surface area (Å²) in [5.41, 5.74) is 5.56. The highest BCUT2D eigenvalue weighted by atomic mass is 16.2. The van der Waals surface area contributed by atoms with Crippen LogP contribution in [0.25, 0.3) is 0 Å². The maximum Gasteiger partial charge on any atom is 0.241 e. The molecular formula is C10H14N4O2. The summed E-state index contributed by atoms with van der Waals surface area (Å²) < 4.78 is 0. The van der Waals surface area contributed by atoms with Crippen molar-refractivity contribution in [1.29, 1.82) is 5.26 Å². The van der Waals surface area contributed by atoms with Gasteiger partial charge in [-0.15, -0.1) is 6.58 Å². The first-order valence-corrected chi connectivity index (χ1v) is 4.93. The molecule has 6 nitrogen and oxygen atoms in total. The van der Waals surface area contributed by atoms with Crippen molar-refractivity contribution in [1.82, 2.24) is 10.2 Å². The lowest BCUT2D eigenvalue weighted by Gasteiger charge is -2.10. The van der Waals surface area contributed by atoms with Crippen LogP contribution in [0.1, 0.15) is 6.42 Å². The van der Waals surface area contributed by atoms with Crippen molar-refractivity contribution in [3.05, 3.63) is 12.7 Å². The molecule has 1 heterocycles. The van der Waals surface area contributed by atoms with E-state index < -0.39 is 6.04 Å². The Hall–Kier alpha value is -1.87. The Morgan fingerprint density at radius 3 is 2.94 bits per heavy atom. The van der Waals surface area contributed by atoms with Gasteiger partial charge >= 0.3 is 0 Å². The van der Waals surface area contributed by atoms with E-state index in [9.17, 15) is 9.59 Å². The third-order valence-electron chi connectivity index (χ3n) is 2.21. The van der Waals surface area contributed by atoms with Gasteiger partial charge in [-0.2, -0.15) is 5.26 Å². The molecule has 6 heteroatoms. The van der Waals surface area contributed by atoms with Gasteiger partial charge in [-0.05, 0) is 0 Å². The van der Waals surface area contributed by atoms with E-state index in [4.69, 9.17) is 11.0 Å². The molecule has 0 aliphatic carbocycles.